The Morgan fingerprint density at radius 1 is 1.13 bits per heavy atom. The van der Waals surface area contributed by atoms with Gasteiger partial charge < -0.3 is 14.2 Å². The van der Waals surface area contributed by atoms with Gasteiger partial charge >= 0.3 is 6.01 Å². The van der Waals surface area contributed by atoms with Crippen molar-refractivity contribution in [2.24, 2.45) is 0 Å². The number of amides is 1. The number of ether oxygens (including phenoxy) is 1. The molecule has 8 heteroatoms. The molecule has 0 radical (unpaired) electrons. The van der Waals surface area contributed by atoms with Crippen molar-refractivity contribution in [3.63, 3.8) is 0 Å². The zero-order valence-corrected chi connectivity index (χ0v) is 16.6. The van der Waals surface area contributed by atoms with Crippen LogP contribution in [0.3, 0.4) is 0 Å². The zero-order valence-electron chi connectivity index (χ0n) is 16.6. The smallest absolute Gasteiger partial charge is 0.316 e. The Bertz CT molecular complexity index is 1210. The van der Waals surface area contributed by atoms with Crippen LogP contribution in [0.5, 0.6) is 6.01 Å². The quantitative estimate of drug-likeness (QED) is 0.496. The van der Waals surface area contributed by atoms with Gasteiger partial charge in [-0.2, -0.15) is 0 Å². The minimum absolute atomic E-state index is 0.0876. The van der Waals surface area contributed by atoms with E-state index >= 15 is 0 Å². The number of fused-ring (bicyclic) bond motifs is 1. The minimum Gasteiger partial charge on any atom is -0.458 e. The number of benzene rings is 2. The van der Waals surface area contributed by atoms with Crippen LogP contribution in [-0.2, 0) is 0 Å². The van der Waals surface area contributed by atoms with Crippen molar-refractivity contribution in [3.8, 4) is 17.3 Å². The standard InChI is InChI=1S/C23H19FN4O3/c24-17-12-25-23(26-13-17)30-18-7-4-10-28(14-18)22(29)16-8-9-20-19(11-16)21(31-27-20)15-5-2-1-3-6-15/h1-3,5-6,8-9,11-13,18H,4,7,10,14H2. The van der Waals surface area contributed by atoms with Crippen molar-refractivity contribution < 1.29 is 18.4 Å². The van der Waals surface area contributed by atoms with Crippen molar-refractivity contribution in [1.82, 2.24) is 20.0 Å². The lowest BCUT2D eigenvalue weighted by Gasteiger charge is -2.32. The number of carbonyl (C=O) groups excluding carboxylic acids is 1. The molecule has 1 amide bonds. The Kier molecular flexibility index (Phi) is 5.03. The second-order valence-corrected chi connectivity index (χ2v) is 7.43. The van der Waals surface area contributed by atoms with Gasteiger partial charge in [-0.1, -0.05) is 35.5 Å². The molecule has 0 N–H and O–H groups in total. The van der Waals surface area contributed by atoms with E-state index in [9.17, 15) is 9.18 Å². The lowest BCUT2D eigenvalue weighted by molar-refractivity contribution is 0.0515. The molecule has 1 aliphatic rings. The average Bonchev–Trinajstić information content (AvgIpc) is 3.24. The SMILES string of the molecule is O=C(c1ccc2noc(-c3ccccc3)c2c1)N1CCCC(Oc2ncc(F)cn2)C1. The van der Waals surface area contributed by atoms with Crippen molar-refractivity contribution in [1.29, 1.82) is 0 Å². The highest BCUT2D eigenvalue weighted by Gasteiger charge is 2.27. The lowest BCUT2D eigenvalue weighted by Crippen LogP contribution is -2.44. The fourth-order valence-electron chi connectivity index (χ4n) is 3.78. The molecule has 7 nitrogen and oxygen atoms in total. The Hall–Kier alpha value is -3.81. The van der Waals surface area contributed by atoms with Crippen molar-refractivity contribution in [3.05, 3.63) is 72.3 Å². The maximum atomic E-state index is 13.2. The highest BCUT2D eigenvalue weighted by atomic mass is 19.1. The fourth-order valence-corrected chi connectivity index (χ4v) is 3.78. The molecule has 0 saturated carbocycles. The van der Waals surface area contributed by atoms with E-state index in [2.05, 4.69) is 15.1 Å². The first kappa shape index (κ1) is 19.2. The molecule has 1 aliphatic heterocycles. The maximum Gasteiger partial charge on any atom is 0.316 e. The van der Waals surface area contributed by atoms with Gasteiger partial charge in [-0.15, -0.1) is 0 Å². The third-order valence-electron chi connectivity index (χ3n) is 5.29. The van der Waals surface area contributed by atoms with E-state index in [1.54, 1.807) is 17.0 Å². The monoisotopic (exact) mass is 418 g/mol. The molecular weight excluding hydrogens is 399 g/mol. The third kappa shape index (κ3) is 3.96. The zero-order chi connectivity index (χ0) is 21.2. The van der Waals surface area contributed by atoms with E-state index in [1.165, 1.54) is 0 Å². The largest absolute Gasteiger partial charge is 0.458 e. The van der Waals surface area contributed by atoms with E-state index in [1.807, 2.05) is 36.4 Å². The second-order valence-electron chi connectivity index (χ2n) is 7.43. The maximum absolute atomic E-state index is 13.2. The average molecular weight is 418 g/mol. The molecule has 31 heavy (non-hydrogen) atoms. The van der Waals surface area contributed by atoms with Gasteiger partial charge in [0.05, 0.1) is 24.3 Å². The summed E-state index contributed by atoms with van der Waals surface area (Å²) in [6.45, 7) is 1.04. The minimum atomic E-state index is -0.521. The molecule has 1 saturated heterocycles. The van der Waals surface area contributed by atoms with Gasteiger partial charge in [-0.05, 0) is 31.0 Å². The van der Waals surface area contributed by atoms with Gasteiger partial charge in [-0.3, -0.25) is 4.79 Å². The van der Waals surface area contributed by atoms with Crippen LogP contribution in [0.2, 0.25) is 0 Å². The van der Waals surface area contributed by atoms with Crippen LogP contribution in [0.4, 0.5) is 4.39 Å². The van der Waals surface area contributed by atoms with Crippen LogP contribution in [0.25, 0.3) is 22.2 Å². The number of carbonyl (C=O) groups is 1. The van der Waals surface area contributed by atoms with Gasteiger partial charge in [0.15, 0.2) is 11.6 Å². The Balaban J connectivity index is 1.36. The van der Waals surface area contributed by atoms with Crippen LogP contribution in [-0.4, -0.2) is 45.1 Å². The molecular formula is C23H19FN4O3. The number of aromatic nitrogens is 3. The van der Waals surface area contributed by atoms with E-state index in [0.29, 0.717) is 29.9 Å². The molecule has 0 spiro atoms. The highest BCUT2D eigenvalue weighted by Crippen LogP contribution is 2.30. The van der Waals surface area contributed by atoms with Gasteiger partial charge in [0.25, 0.3) is 5.91 Å². The molecule has 2 aromatic heterocycles. The number of hydrogen-bond donors (Lipinski definition) is 0. The summed E-state index contributed by atoms with van der Waals surface area (Å²) in [5, 5.41) is 4.91. The van der Waals surface area contributed by atoms with Crippen molar-refractivity contribution in [2.75, 3.05) is 13.1 Å². The molecule has 2 aromatic carbocycles. The Morgan fingerprint density at radius 3 is 2.74 bits per heavy atom. The first-order chi connectivity index (χ1) is 15.2. The van der Waals surface area contributed by atoms with Crippen molar-refractivity contribution >= 4 is 16.8 Å². The number of likely N-dealkylation sites (tertiary alicyclic amines) is 1. The molecule has 0 aliphatic carbocycles. The molecule has 4 aromatic rings. The van der Waals surface area contributed by atoms with Gasteiger partial charge in [0, 0.05) is 17.7 Å². The number of hydrogen-bond acceptors (Lipinski definition) is 6. The van der Waals surface area contributed by atoms with Crippen LogP contribution in [0.15, 0.2) is 65.4 Å². The Morgan fingerprint density at radius 2 is 1.94 bits per heavy atom. The lowest BCUT2D eigenvalue weighted by atomic mass is 10.0. The summed E-state index contributed by atoms with van der Waals surface area (Å²) >= 11 is 0. The number of rotatable bonds is 4. The third-order valence-corrected chi connectivity index (χ3v) is 5.29. The first-order valence-corrected chi connectivity index (χ1v) is 10.1. The summed E-state index contributed by atoms with van der Waals surface area (Å²) in [6, 6.07) is 15.2. The van der Waals surface area contributed by atoms with Crippen LogP contribution < -0.4 is 4.74 Å². The van der Waals surface area contributed by atoms with Crippen LogP contribution >= 0.6 is 0 Å². The molecule has 3 heterocycles. The molecule has 0 bridgehead atoms. The predicted molar refractivity (Wildman–Crippen MR) is 111 cm³/mol. The van der Waals surface area contributed by atoms with E-state index in [-0.39, 0.29) is 18.0 Å². The summed E-state index contributed by atoms with van der Waals surface area (Å²) in [5.41, 5.74) is 2.16. The molecule has 1 fully saturated rings. The Labute approximate surface area is 177 Å². The van der Waals surface area contributed by atoms with Gasteiger partial charge in [0.2, 0.25) is 0 Å². The number of halogens is 1. The van der Waals surface area contributed by atoms with E-state index < -0.39 is 5.82 Å². The highest BCUT2D eigenvalue weighted by molar-refractivity contribution is 6.01. The van der Waals surface area contributed by atoms with E-state index in [0.717, 1.165) is 36.2 Å². The summed E-state index contributed by atoms with van der Waals surface area (Å²) in [4.78, 5) is 22.6. The van der Waals surface area contributed by atoms with Crippen LogP contribution in [0.1, 0.15) is 23.2 Å². The second kappa shape index (κ2) is 8.14. The van der Waals surface area contributed by atoms with Crippen LogP contribution in [0, 0.1) is 5.82 Å². The fraction of sp³-hybridized carbons (Fsp3) is 0.217. The summed E-state index contributed by atoms with van der Waals surface area (Å²) in [6.07, 6.45) is 3.44. The van der Waals surface area contributed by atoms with Gasteiger partial charge in [-0.25, -0.2) is 14.4 Å². The van der Waals surface area contributed by atoms with E-state index in [4.69, 9.17) is 9.26 Å². The number of nitrogens with zero attached hydrogens (tertiary/aromatic N) is 4. The summed E-state index contributed by atoms with van der Waals surface area (Å²) in [7, 11) is 0. The summed E-state index contributed by atoms with van der Waals surface area (Å²) < 4.78 is 24.3. The number of piperidine rings is 1. The first-order valence-electron chi connectivity index (χ1n) is 10.1. The molecule has 156 valence electrons. The predicted octanol–water partition coefficient (Wildman–Crippen LogP) is 4.11. The normalized spacial score (nSPS) is 16.4. The topological polar surface area (TPSA) is 81.4 Å². The molecule has 1 unspecified atom stereocenters. The summed E-state index contributed by atoms with van der Waals surface area (Å²) in [5.74, 6) is 0.0285. The molecule has 5 rings (SSSR count). The molecule has 1 atom stereocenters. The van der Waals surface area contributed by atoms with Gasteiger partial charge in [0.1, 0.15) is 11.6 Å². The van der Waals surface area contributed by atoms with Crippen molar-refractivity contribution in [2.45, 2.75) is 18.9 Å².